The number of alkyl halides is 1. The molecule has 2 heterocycles. The number of likely N-dealkylation sites (tertiary alicyclic amines) is 1. The van der Waals surface area contributed by atoms with Crippen LogP contribution < -0.4 is 0 Å². The van der Waals surface area contributed by atoms with Crippen LogP contribution >= 0.6 is 23.2 Å². The highest BCUT2D eigenvalue weighted by Crippen LogP contribution is 2.25. The van der Waals surface area contributed by atoms with Crippen LogP contribution in [-0.2, 0) is 17.2 Å². The Hall–Kier alpha value is -1.33. The molecule has 4 nitrogen and oxygen atoms in total. The number of carbonyl (C=O) groups excluding carboxylic acids is 1. The molecule has 1 saturated heterocycles. The van der Waals surface area contributed by atoms with Crippen LogP contribution in [0.4, 0.5) is 4.39 Å². The second-order valence-electron chi connectivity index (χ2n) is 5.09. The number of hydrogen-bond acceptors (Lipinski definition) is 2. The molecule has 1 aromatic heterocycles. The predicted molar refractivity (Wildman–Crippen MR) is 80.1 cm³/mol. The summed E-state index contributed by atoms with van der Waals surface area (Å²) in [4.78, 5) is 18.4. The van der Waals surface area contributed by atoms with Crippen LogP contribution in [-0.4, -0.2) is 33.4 Å². The summed E-state index contributed by atoms with van der Waals surface area (Å²) in [6, 6.07) is 2.76. The first-order valence-corrected chi connectivity index (χ1v) is 7.69. The molecule has 1 aliphatic heterocycles. The number of nitrogens with zero attached hydrogens (tertiary/aromatic N) is 3. The summed E-state index contributed by atoms with van der Waals surface area (Å²) in [7, 11) is 0. The van der Waals surface area contributed by atoms with Crippen molar-refractivity contribution in [2.24, 2.45) is 0 Å². The van der Waals surface area contributed by atoms with E-state index in [-0.39, 0.29) is 23.4 Å². The first kappa shape index (κ1) is 14.6. The standard InChI is InChI=1S/C14H14Cl2FN3O/c15-7-13-18-11-6-10(17)9(16)5-12(11)20(13)8-14(21)19-3-1-2-4-19/h5-6H,1-4,7-8H2. The Morgan fingerprint density at radius 1 is 1.33 bits per heavy atom. The lowest BCUT2D eigenvalue weighted by molar-refractivity contribution is -0.130. The highest BCUT2D eigenvalue weighted by atomic mass is 35.5. The van der Waals surface area contributed by atoms with Crippen molar-refractivity contribution in [3.05, 3.63) is 28.8 Å². The fraction of sp³-hybridized carbons (Fsp3) is 0.429. The molecule has 0 unspecified atom stereocenters. The monoisotopic (exact) mass is 329 g/mol. The van der Waals surface area contributed by atoms with E-state index in [1.165, 1.54) is 12.1 Å². The largest absolute Gasteiger partial charge is 0.341 e. The van der Waals surface area contributed by atoms with E-state index in [9.17, 15) is 9.18 Å². The van der Waals surface area contributed by atoms with E-state index >= 15 is 0 Å². The number of aromatic nitrogens is 2. The van der Waals surface area contributed by atoms with Crippen molar-refractivity contribution in [2.45, 2.75) is 25.3 Å². The molecule has 112 valence electrons. The lowest BCUT2D eigenvalue weighted by Crippen LogP contribution is -2.31. The van der Waals surface area contributed by atoms with Crippen LogP contribution in [0.5, 0.6) is 0 Å². The van der Waals surface area contributed by atoms with Gasteiger partial charge in [0, 0.05) is 19.2 Å². The molecule has 2 aromatic rings. The SMILES string of the molecule is O=C(Cn1c(CCl)nc2cc(F)c(Cl)cc21)N1CCCC1. The molecule has 1 amide bonds. The van der Waals surface area contributed by atoms with E-state index in [0.717, 1.165) is 25.9 Å². The van der Waals surface area contributed by atoms with Crippen molar-refractivity contribution < 1.29 is 9.18 Å². The van der Waals surface area contributed by atoms with Crippen LogP contribution in [0.1, 0.15) is 18.7 Å². The Labute approximate surface area is 131 Å². The Morgan fingerprint density at radius 3 is 2.71 bits per heavy atom. The van der Waals surface area contributed by atoms with Gasteiger partial charge in [0.2, 0.25) is 5.91 Å². The van der Waals surface area contributed by atoms with Crippen molar-refractivity contribution in [3.63, 3.8) is 0 Å². The Bertz CT molecular complexity index is 695. The third kappa shape index (κ3) is 2.72. The molecule has 1 aliphatic rings. The second kappa shape index (κ2) is 5.81. The molecule has 0 atom stereocenters. The average Bonchev–Trinajstić information content (AvgIpc) is 3.09. The van der Waals surface area contributed by atoms with Gasteiger partial charge in [-0.1, -0.05) is 11.6 Å². The molecule has 0 radical (unpaired) electrons. The van der Waals surface area contributed by atoms with E-state index in [0.29, 0.717) is 16.9 Å². The third-order valence-corrected chi connectivity index (χ3v) is 4.27. The van der Waals surface area contributed by atoms with Crippen molar-refractivity contribution in [2.75, 3.05) is 13.1 Å². The number of carbonyl (C=O) groups is 1. The number of fused-ring (bicyclic) bond motifs is 1. The Morgan fingerprint density at radius 2 is 2.05 bits per heavy atom. The molecule has 0 aliphatic carbocycles. The lowest BCUT2D eigenvalue weighted by Gasteiger charge is -2.16. The molecule has 0 N–H and O–H groups in total. The normalized spacial score (nSPS) is 15.1. The van der Waals surface area contributed by atoms with E-state index in [2.05, 4.69) is 4.98 Å². The van der Waals surface area contributed by atoms with E-state index < -0.39 is 5.82 Å². The number of rotatable bonds is 3. The number of hydrogen-bond donors (Lipinski definition) is 0. The molecule has 7 heteroatoms. The zero-order chi connectivity index (χ0) is 15.0. The van der Waals surface area contributed by atoms with Crippen LogP contribution in [0.25, 0.3) is 11.0 Å². The van der Waals surface area contributed by atoms with Crippen molar-refractivity contribution in [3.8, 4) is 0 Å². The summed E-state index contributed by atoms with van der Waals surface area (Å²) in [5.41, 5.74) is 1.09. The lowest BCUT2D eigenvalue weighted by atomic mass is 10.3. The van der Waals surface area contributed by atoms with E-state index in [1.807, 2.05) is 4.90 Å². The minimum atomic E-state index is -0.527. The maximum absolute atomic E-state index is 13.5. The molecule has 0 saturated carbocycles. The van der Waals surface area contributed by atoms with Crippen molar-refractivity contribution in [1.82, 2.24) is 14.5 Å². The number of amides is 1. The highest BCUT2D eigenvalue weighted by Gasteiger charge is 2.21. The number of halogens is 3. The van der Waals surface area contributed by atoms with Gasteiger partial charge in [-0.15, -0.1) is 11.6 Å². The number of imidazole rings is 1. The fourth-order valence-electron chi connectivity index (χ4n) is 2.65. The van der Waals surface area contributed by atoms with Crippen LogP contribution in [0.3, 0.4) is 0 Å². The van der Waals surface area contributed by atoms with Gasteiger partial charge in [0.25, 0.3) is 0 Å². The first-order valence-electron chi connectivity index (χ1n) is 6.78. The second-order valence-corrected chi connectivity index (χ2v) is 5.77. The van der Waals surface area contributed by atoms with Crippen LogP contribution in [0, 0.1) is 5.82 Å². The van der Waals surface area contributed by atoms with Gasteiger partial charge in [-0.25, -0.2) is 9.37 Å². The van der Waals surface area contributed by atoms with E-state index in [1.54, 1.807) is 4.57 Å². The summed E-state index contributed by atoms with van der Waals surface area (Å²) in [5, 5.41) is 0.0124. The molecule has 1 aromatic carbocycles. The van der Waals surface area contributed by atoms with Gasteiger partial charge in [0.05, 0.1) is 21.9 Å². The molecule has 3 rings (SSSR count). The zero-order valence-corrected chi connectivity index (χ0v) is 12.8. The minimum Gasteiger partial charge on any atom is -0.341 e. The van der Waals surface area contributed by atoms with Gasteiger partial charge >= 0.3 is 0 Å². The summed E-state index contributed by atoms with van der Waals surface area (Å²) >= 11 is 11.7. The minimum absolute atomic E-state index is 0.0124. The summed E-state index contributed by atoms with van der Waals surface area (Å²) in [6.07, 6.45) is 2.08. The maximum Gasteiger partial charge on any atom is 0.242 e. The van der Waals surface area contributed by atoms with Gasteiger partial charge in [-0.2, -0.15) is 0 Å². The summed E-state index contributed by atoms with van der Waals surface area (Å²) in [6.45, 7) is 1.73. The fourth-order valence-corrected chi connectivity index (χ4v) is 3.01. The summed E-state index contributed by atoms with van der Waals surface area (Å²) < 4.78 is 15.2. The first-order chi connectivity index (χ1) is 10.1. The van der Waals surface area contributed by atoms with Gasteiger partial charge in [0.1, 0.15) is 18.2 Å². The quantitative estimate of drug-likeness (QED) is 0.811. The van der Waals surface area contributed by atoms with Crippen molar-refractivity contribution in [1.29, 1.82) is 0 Å². The number of benzene rings is 1. The molecule has 0 spiro atoms. The summed E-state index contributed by atoms with van der Waals surface area (Å²) in [5.74, 6) is 0.196. The zero-order valence-electron chi connectivity index (χ0n) is 11.3. The van der Waals surface area contributed by atoms with Crippen LogP contribution in [0.15, 0.2) is 12.1 Å². The molecular formula is C14H14Cl2FN3O. The van der Waals surface area contributed by atoms with Gasteiger partial charge < -0.3 is 9.47 Å². The Kier molecular flexibility index (Phi) is 4.04. The topological polar surface area (TPSA) is 38.1 Å². The molecule has 21 heavy (non-hydrogen) atoms. The van der Waals surface area contributed by atoms with Gasteiger partial charge in [-0.05, 0) is 18.9 Å². The highest BCUT2D eigenvalue weighted by molar-refractivity contribution is 6.31. The predicted octanol–water partition coefficient (Wildman–Crippen LogP) is 3.19. The maximum atomic E-state index is 13.5. The molecule has 1 fully saturated rings. The molecule has 0 bridgehead atoms. The van der Waals surface area contributed by atoms with E-state index in [4.69, 9.17) is 23.2 Å². The van der Waals surface area contributed by atoms with Crippen LogP contribution in [0.2, 0.25) is 5.02 Å². The average molecular weight is 330 g/mol. The molecular weight excluding hydrogens is 316 g/mol. The van der Waals surface area contributed by atoms with Gasteiger partial charge in [-0.3, -0.25) is 4.79 Å². The Balaban J connectivity index is 1.99. The van der Waals surface area contributed by atoms with Crippen molar-refractivity contribution >= 4 is 40.1 Å². The third-order valence-electron chi connectivity index (χ3n) is 3.74. The smallest absolute Gasteiger partial charge is 0.242 e. The van der Waals surface area contributed by atoms with Gasteiger partial charge in [0.15, 0.2) is 0 Å².